The quantitative estimate of drug-likeness (QED) is 0.870. The summed E-state index contributed by atoms with van der Waals surface area (Å²) < 4.78 is 5.93. The first-order valence-corrected chi connectivity index (χ1v) is 6.79. The van der Waals surface area contributed by atoms with Gasteiger partial charge in [0, 0.05) is 11.6 Å². The van der Waals surface area contributed by atoms with E-state index >= 15 is 0 Å². The molecular formula is C14H16BrNO2. The van der Waals surface area contributed by atoms with E-state index in [1.54, 1.807) is 25.3 Å². The summed E-state index contributed by atoms with van der Waals surface area (Å²) in [5.41, 5.74) is 0.650. The molecule has 0 saturated heterocycles. The Kier molecular flexibility index (Phi) is 4.42. The van der Waals surface area contributed by atoms with Crippen LogP contribution in [-0.4, -0.2) is 19.1 Å². The van der Waals surface area contributed by atoms with Gasteiger partial charge in [0.25, 0.3) is 5.91 Å². The van der Waals surface area contributed by atoms with Crippen LogP contribution >= 0.6 is 15.9 Å². The van der Waals surface area contributed by atoms with Crippen molar-refractivity contribution >= 4 is 21.8 Å². The predicted molar refractivity (Wildman–Crippen MR) is 74.9 cm³/mol. The van der Waals surface area contributed by atoms with Gasteiger partial charge in [-0.05, 0) is 53.4 Å². The van der Waals surface area contributed by atoms with Crippen LogP contribution in [0.25, 0.3) is 0 Å². The molecule has 3 nitrogen and oxygen atoms in total. The molecule has 2 rings (SSSR count). The SMILES string of the molecule is COc1ccc(C(=O)NC2CC=CCC2)cc1Br. The number of allylic oxidation sites excluding steroid dienone is 1. The zero-order valence-corrected chi connectivity index (χ0v) is 11.9. The van der Waals surface area contributed by atoms with Gasteiger partial charge in [-0.1, -0.05) is 12.2 Å². The maximum Gasteiger partial charge on any atom is 0.251 e. The fourth-order valence-corrected chi connectivity index (χ4v) is 2.54. The lowest BCUT2D eigenvalue weighted by molar-refractivity contribution is 0.0934. The maximum absolute atomic E-state index is 12.1. The Balaban J connectivity index is 2.04. The highest BCUT2D eigenvalue weighted by Gasteiger charge is 2.15. The molecular weight excluding hydrogens is 294 g/mol. The van der Waals surface area contributed by atoms with Crippen molar-refractivity contribution in [2.45, 2.75) is 25.3 Å². The van der Waals surface area contributed by atoms with Gasteiger partial charge in [-0.2, -0.15) is 0 Å². The second kappa shape index (κ2) is 6.05. The van der Waals surface area contributed by atoms with Crippen molar-refractivity contribution in [2.75, 3.05) is 7.11 Å². The van der Waals surface area contributed by atoms with Crippen molar-refractivity contribution in [3.63, 3.8) is 0 Å². The van der Waals surface area contributed by atoms with Crippen LogP contribution in [0.2, 0.25) is 0 Å². The number of hydrogen-bond acceptors (Lipinski definition) is 2. The van der Waals surface area contributed by atoms with Crippen molar-refractivity contribution in [3.8, 4) is 5.75 Å². The van der Waals surface area contributed by atoms with E-state index < -0.39 is 0 Å². The third-order valence-electron chi connectivity index (χ3n) is 3.02. The molecule has 4 heteroatoms. The van der Waals surface area contributed by atoms with E-state index in [2.05, 4.69) is 33.4 Å². The number of hydrogen-bond donors (Lipinski definition) is 1. The molecule has 18 heavy (non-hydrogen) atoms. The lowest BCUT2D eigenvalue weighted by atomic mass is 10.0. The molecule has 1 atom stereocenters. The zero-order chi connectivity index (χ0) is 13.0. The second-order valence-electron chi connectivity index (χ2n) is 4.30. The number of ether oxygens (including phenoxy) is 1. The van der Waals surface area contributed by atoms with Crippen LogP contribution in [0.1, 0.15) is 29.6 Å². The number of nitrogens with one attached hydrogen (secondary N) is 1. The highest BCUT2D eigenvalue weighted by molar-refractivity contribution is 9.10. The molecule has 1 aromatic rings. The Morgan fingerprint density at radius 3 is 2.89 bits per heavy atom. The smallest absolute Gasteiger partial charge is 0.251 e. The van der Waals surface area contributed by atoms with Crippen LogP contribution in [-0.2, 0) is 0 Å². The average molecular weight is 310 g/mol. The molecule has 1 aromatic carbocycles. The van der Waals surface area contributed by atoms with Gasteiger partial charge in [0.05, 0.1) is 11.6 Å². The molecule has 0 saturated carbocycles. The van der Waals surface area contributed by atoms with Gasteiger partial charge in [0.15, 0.2) is 0 Å². The minimum absolute atomic E-state index is 0.0290. The van der Waals surface area contributed by atoms with E-state index in [1.807, 2.05) is 0 Å². The summed E-state index contributed by atoms with van der Waals surface area (Å²) in [5.74, 6) is 0.700. The molecule has 0 aromatic heterocycles. The minimum Gasteiger partial charge on any atom is -0.496 e. The fraction of sp³-hybridized carbons (Fsp3) is 0.357. The third-order valence-corrected chi connectivity index (χ3v) is 3.64. The lowest BCUT2D eigenvalue weighted by Crippen LogP contribution is -2.35. The standard InChI is InChI=1S/C14H16BrNO2/c1-18-13-8-7-10(9-12(13)15)14(17)16-11-5-3-2-4-6-11/h2-3,7-9,11H,4-6H2,1H3,(H,16,17). The summed E-state index contributed by atoms with van der Waals surface area (Å²) in [7, 11) is 1.61. The number of carbonyl (C=O) groups is 1. The van der Waals surface area contributed by atoms with Crippen molar-refractivity contribution < 1.29 is 9.53 Å². The molecule has 0 bridgehead atoms. The van der Waals surface area contributed by atoms with Crippen LogP contribution in [0.15, 0.2) is 34.8 Å². The second-order valence-corrected chi connectivity index (χ2v) is 5.16. The number of methoxy groups -OCH3 is 1. The van der Waals surface area contributed by atoms with Crippen LogP contribution in [0.4, 0.5) is 0 Å². The number of amides is 1. The number of rotatable bonds is 3. The Bertz CT molecular complexity index is 471. The van der Waals surface area contributed by atoms with Gasteiger partial charge in [-0.25, -0.2) is 0 Å². The molecule has 0 aliphatic heterocycles. The summed E-state index contributed by atoms with van der Waals surface area (Å²) in [5, 5.41) is 3.05. The topological polar surface area (TPSA) is 38.3 Å². The van der Waals surface area contributed by atoms with E-state index in [-0.39, 0.29) is 11.9 Å². The monoisotopic (exact) mass is 309 g/mol. The molecule has 96 valence electrons. The van der Waals surface area contributed by atoms with Crippen molar-refractivity contribution in [3.05, 3.63) is 40.4 Å². The van der Waals surface area contributed by atoms with E-state index in [0.717, 1.165) is 29.5 Å². The van der Waals surface area contributed by atoms with Gasteiger partial charge >= 0.3 is 0 Å². The van der Waals surface area contributed by atoms with Crippen LogP contribution in [0.3, 0.4) is 0 Å². The van der Waals surface area contributed by atoms with E-state index in [4.69, 9.17) is 4.74 Å². The average Bonchev–Trinajstić information content (AvgIpc) is 2.39. The first kappa shape index (κ1) is 13.1. The highest BCUT2D eigenvalue weighted by Crippen LogP contribution is 2.25. The Hall–Kier alpha value is -1.29. The van der Waals surface area contributed by atoms with Crippen molar-refractivity contribution in [2.24, 2.45) is 0 Å². The number of halogens is 1. The van der Waals surface area contributed by atoms with E-state index in [9.17, 15) is 4.79 Å². The van der Waals surface area contributed by atoms with Gasteiger partial charge in [0.2, 0.25) is 0 Å². The Morgan fingerprint density at radius 1 is 1.44 bits per heavy atom. The van der Waals surface area contributed by atoms with E-state index in [0.29, 0.717) is 5.56 Å². The summed E-state index contributed by atoms with van der Waals surface area (Å²) >= 11 is 3.38. The molecule has 0 radical (unpaired) electrons. The van der Waals surface area contributed by atoms with Crippen molar-refractivity contribution in [1.82, 2.24) is 5.32 Å². The minimum atomic E-state index is -0.0290. The predicted octanol–water partition coefficient (Wildman–Crippen LogP) is 3.30. The maximum atomic E-state index is 12.1. The highest BCUT2D eigenvalue weighted by atomic mass is 79.9. The normalized spacial score (nSPS) is 18.4. The van der Waals surface area contributed by atoms with Gasteiger partial charge < -0.3 is 10.1 Å². The van der Waals surface area contributed by atoms with Crippen molar-refractivity contribution in [1.29, 1.82) is 0 Å². The number of benzene rings is 1. The molecule has 0 fully saturated rings. The number of carbonyl (C=O) groups excluding carboxylic acids is 1. The summed E-state index contributed by atoms with van der Waals surface area (Å²) in [6.07, 6.45) is 7.25. The first-order valence-electron chi connectivity index (χ1n) is 6.00. The summed E-state index contributed by atoms with van der Waals surface area (Å²) in [4.78, 5) is 12.1. The molecule has 1 N–H and O–H groups in total. The Labute approximate surface area is 115 Å². The van der Waals surface area contributed by atoms with Gasteiger partial charge in [-0.15, -0.1) is 0 Å². The van der Waals surface area contributed by atoms with Crippen LogP contribution in [0, 0.1) is 0 Å². The van der Waals surface area contributed by atoms with Gasteiger partial charge in [0.1, 0.15) is 5.75 Å². The summed E-state index contributed by atoms with van der Waals surface area (Å²) in [6.45, 7) is 0. The largest absolute Gasteiger partial charge is 0.496 e. The fourth-order valence-electron chi connectivity index (χ4n) is 2.00. The summed E-state index contributed by atoms with van der Waals surface area (Å²) in [6, 6.07) is 5.60. The molecule has 1 amide bonds. The molecule has 0 heterocycles. The van der Waals surface area contributed by atoms with Crippen LogP contribution in [0.5, 0.6) is 5.75 Å². The molecule has 0 spiro atoms. The van der Waals surface area contributed by atoms with E-state index in [1.165, 1.54) is 0 Å². The molecule has 1 aliphatic carbocycles. The zero-order valence-electron chi connectivity index (χ0n) is 10.3. The molecule has 1 unspecified atom stereocenters. The molecule has 1 aliphatic rings. The van der Waals surface area contributed by atoms with Crippen LogP contribution < -0.4 is 10.1 Å². The van der Waals surface area contributed by atoms with Gasteiger partial charge in [-0.3, -0.25) is 4.79 Å². The lowest BCUT2D eigenvalue weighted by Gasteiger charge is -2.19. The Morgan fingerprint density at radius 2 is 2.28 bits per heavy atom. The third kappa shape index (κ3) is 3.13. The first-order chi connectivity index (χ1) is 8.70.